The molecule has 0 radical (unpaired) electrons. The standard InChI is InChI=1S/C27H46N4O11.C2HF3O2/c1-3-30-15-31(4-2)18-10-16(6-7-17(18)30)27(42)28-8-5-9-29(11-19(34)23(38)25(40)21(36)13-32)12-20(35)24(39)26(41)22(37)14-33;3-2(4,5)1(6)7/h6-7,10,15,19-26,32-41H,3-5,8-9,11-14H2,1-2H3;(H,6,7)/t19-,20-,21+,22+,23+,24+,25+,26+;/m0./s1. The zero-order valence-electron chi connectivity index (χ0n) is 27.0. The van der Waals surface area contributed by atoms with E-state index in [1.54, 1.807) is 12.1 Å². The lowest BCUT2D eigenvalue weighted by molar-refractivity contribution is -0.668. The van der Waals surface area contributed by atoms with Crippen LogP contribution < -0.4 is 15.0 Å². The van der Waals surface area contributed by atoms with Crippen molar-refractivity contribution in [3.8, 4) is 0 Å². The first kappa shape index (κ1) is 44.0. The van der Waals surface area contributed by atoms with Crippen LogP contribution in [0, 0.1) is 0 Å². The predicted octanol–water partition coefficient (Wildman–Crippen LogP) is -5.44. The van der Waals surface area contributed by atoms with Crippen LogP contribution in [0.25, 0.3) is 11.0 Å². The molecular formula is C29H47F3N4O13. The Balaban J connectivity index is 0.00000154. The molecule has 0 fully saturated rings. The molecule has 0 spiro atoms. The number of aromatic nitrogens is 2. The average molecular weight is 717 g/mol. The predicted molar refractivity (Wildman–Crippen MR) is 160 cm³/mol. The molecule has 11 N–H and O–H groups in total. The number of alkyl halides is 3. The summed E-state index contributed by atoms with van der Waals surface area (Å²) in [5, 5.41) is 110. The van der Waals surface area contributed by atoms with Crippen LogP contribution in [0.2, 0.25) is 0 Å². The second-order valence-corrected chi connectivity index (χ2v) is 11.1. The Morgan fingerprint density at radius 3 is 1.76 bits per heavy atom. The fourth-order valence-electron chi connectivity index (χ4n) is 4.67. The molecule has 2 aromatic rings. The third-order valence-corrected chi connectivity index (χ3v) is 7.53. The van der Waals surface area contributed by atoms with Gasteiger partial charge in [-0.25, -0.2) is 9.13 Å². The number of carboxylic acid groups (broad SMARTS) is 1. The summed E-state index contributed by atoms with van der Waals surface area (Å²) >= 11 is 0. The van der Waals surface area contributed by atoms with Crippen LogP contribution in [0.1, 0.15) is 30.6 Å². The summed E-state index contributed by atoms with van der Waals surface area (Å²) in [5.41, 5.74) is 2.38. The number of aliphatic carboxylic acids is 1. The summed E-state index contributed by atoms with van der Waals surface area (Å²) in [4.78, 5) is 23.0. The first-order valence-corrected chi connectivity index (χ1v) is 15.3. The number of amides is 1. The number of nitrogens with zero attached hydrogens (tertiary/aromatic N) is 3. The normalized spacial score (nSPS) is 17.0. The van der Waals surface area contributed by atoms with E-state index in [1.165, 1.54) is 4.90 Å². The van der Waals surface area contributed by atoms with Gasteiger partial charge in [-0.2, -0.15) is 13.2 Å². The van der Waals surface area contributed by atoms with E-state index in [0.717, 1.165) is 24.1 Å². The zero-order chi connectivity index (χ0) is 37.6. The lowest BCUT2D eigenvalue weighted by atomic mass is 10.0. The number of imidazole rings is 1. The summed E-state index contributed by atoms with van der Waals surface area (Å²) in [6.07, 6.45) is -17.2. The number of hydrogen-bond acceptors (Lipinski definition) is 14. The van der Waals surface area contributed by atoms with Gasteiger partial charge in [0.2, 0.25) is 6.33 Å². The minimum Gasteiger partial charge on any atom is -0.542 e. The van der Waals surface area contributed by atoms with Gasteiger partial charge in [0, 0.05) is 37.8 Å². The number of nitrogens with one attached hydrogen (secondary N) is 1. The monoisotopic (exact) mass is 716 g/mol. The van der Waals surface area contributed by atoms with Crippen molar-refractivity contribution in [2.75, 3.05) is 39.4 Å². The molecule has 0 aliphatic carbocycles. The van der Waals surface area contributed by atoms with Crippen LogP contribution in [-0.4, -0.2) is 167 Å². The van der Waals surface area contributed by atoms with Gasteiger partial charge < -0.3 is 66.3 Å². The van der Waals surface area contributed by atoms with E-state index in [2.05, 4.69) is 9.88 Å². The van der Waals surface area contributed by atoms with E-state index in [1.807, 2.05) is 30.8 Å². The number of aryl methyl sites for hydroxylation is 2. The number of carbonyl (C=O) groups is 2. The average Bonchev–Trinajstić information content (AvgIpc) is 3.44. The SMILES string of the molecule is CCn1c[n+](CC)c2ccc(C(=O)NCCCN(C[C@H](O)[C@@H](O)[C@H](O)[C@H](O)CO)C[C@H](O)[C@@H](O)[C@H](O)[C@H](O)CO)cc21.O=C([O-])C(F)(F)F. The van der Waals surface area contributed by atoms with Gasteiger partial charge in [0.05, 0.1) is 38.5 Å². The van der Waals surface area contributed by atoms with E-state index in [9.17, 15) is 58.8 Å². The highest BCUT2D eigenvalue weighted by atomic mass is 19.4. The molecule has 1 heterocycles. The van der Waals surface area contributed by atoms with E-state index in [-0.39, 0.29) is 38.5 Å². The number of rotatable bonds is 19. The largest absolute Gasteiger partial charge is 0.542 e. The molecule has 49 heavy (non-hydrogen) atoms. The minimum absolute atomic E-state index is 0.0966. The maximum atomic E-state index is 12.8. The first-order valence-electron chi connectivity index (χ1n) is 15.3. The number of benzene rings is 1. The van der Waals surface area contributed by atoms with Crippen molar-refractivity contribution in [1.29, 1.82) is 0 Å². The van der Waals surface area contributed by atoms with Crippen LogP contribution in [-0.2, 0) is 17.9 Å². The molecule has 0 bridgehead atoms. The topological polar surface area (TPSA) is 284 Å². The number of aliphatic hydroxyl groups is 10. The maximum absolute atomic E-state index is 12.8. The Morgan fingerprint density at radius 1 is 0.878 bits per heavy atom. The molecule has 0 aliphatic rings. The second-order valence-electron chi connectivity index (χ2n) is 11.1. The van der Waals surface area contributed by atoms with Gasteiger partial charge in [-0.3, -0.25) is 9.69 Å². The van der Waals surface area contributed by atoms with Crippen molar-refractivity contribution < 1.29 is 83.5 Å². The molecule has 2 rings (SSSR count). The number of carboxylic acids is 1. The van der Waals surface area contributed by atoms with Crippen molar-refractivity contribution in [1.82, 2.24) is 14.8 Å². The minimum atomic E-state index is -5.19. The molecular weight excluding hydrogens is 669 g/mol. The number of fused-ring (bicyclic) bond motifs is 1. The molecule has 1 aromatic heterocycles. The lowest BCUT2D eigenvalue weighted by Crippen LogP contribution is -2.53. The Bertz CT molecular complexity index is 1270. The van der Waals surface area contributed by atoms with Crippen LogP contribution in [0.15, 0.2) is 24.5 Å². The van der Waals surface area contributed by atoms with Gasteiger partial charge in [-0.05, 0) is 32.4 Å². The molecule has 8 atom stereocenters. The summed E-state index contributed by atoms with van der Waals surface area (Å²) in [7, 11) is 0. The number of halogens is 3. The Hall–Kier alpha value is -3.02. The fraction of sp³-hybridized carbons (Fsp3) is 0.690. The second kappa shape index (κ2) is 20.6. The van der Waals surface area contributed by atoms with Gasteiger partial charge in [-0.15, -0.1) is 0 Å². The molecule has 17 nitrogen and oxygen atoms in total. The van der Waals surface area contributed by atoms with Crippen molar-refractivity contribution in [3.05, 3.63) is 30.1 Å². The van der Waals surface area contributed by atoms with Crippen LogP contribution in [0.3, 0.4) is 0 Å². The highest BCUT2D eigenvalue weighted by molar-refractivity contribution is 5.97. The highest BCUT2D eigenvalue weighted by Gasteiger charge is 2.34. The smallest absolute Gasteiger partial charge is 0.430 e. The lowest BCUT2D eigenvalue weighted by Gasteiger charge is -2.33. The molecule has 0 saturated carbocycles. The first-order chi connectivity index (χ1) is 22.8. The molecule has 20 heteroatoms. The summed E-state index contributed by atoms with van der Waals surface area (Å²) < 4.78 is 35.7. The third-order valence-electron chi connectivity index (χ3n) is 7.53. The molecule has 0 saturated heterocycles. The Morgan fingerprint density at radius 2 is 1.35 bits per heavy atom. The Kier molecular flexibility index (Phi) is 18.5. The maximum Gasteiger partial charge on any atom is 0.430 e. The van der Waals surface area contributed by atoms with Crippen molar-refractivity contribution in [3.63, 3.8) is 0 Å². The van der Waals surface area contributed by atoms with Gasteiger partial charge in [0.15, 0.2) is 11.0 Å². The van der Waals surface area contributed by atoms with E-state index in [0.29, 0.717) is 5.56 Å². The van der Waals surface area contributed by atoms with Crippen LogP contribution in [0.5, 0.6) is 0 Å². The van der Waals surface area contributed by atoms with Gasteiger partial charge in [-0.1, -0.05) is 0 Å². The van der Waals surface area contributed by atoms with Crippen LogP contribution >= 0.6 is 0 Å². The molecule has 0 aliphatic heterocycles. The number of carbonyl (C=O) groups excluding carboxylic acids is 2. The van der Waals surface area contributed by atoms with Gasteiger partial charge in [0.25, 0.3) is 5.91 Å². The van der Waals surface area contributed by atoms with E-state index >= 15 is 0 Å². The fourth-order valence-corrected chi connectivity index (χ4v) is 4.67. The number of hydrogen-bond donors (Lipinski definition) is 11. The summed E-state index contributed by atoms with van der Waals surface area (Å²) in [5.74, 6) is -3.32. The van der Waals surface area contributed by atoms with Crippen molar-refractivity contribution in [2.24, 2.45) is 0 Å². The number of aliphatic hydroxyl groups excluding tert-OH is 10. The summed E-state index contributed by atoms with van der Waals surface area (Å²) in [6.45, 7) is 3.34. The summed E-state index contributed by atoms with van der Waals surface area (Å²) in [6, 6.07) is 5.41. The van der Waals surface area contributed by atoms with Gasteiger partial charge >= 0.3 is 6.18 Å². The highest BCUT2D eigenvalue weighted by Crippen LogP contribution is 2.15. The van der Waals surface area contributed by atoms with Crippen LogP contribution in [0.4, 0.5) is 13.2 Å². The van der Waals surface area contributed by atoms with E-state index in [4.69, 9.17) is 20.1 Å². The zero-order valence-corrected chi connectivity index (χ0v) is 27.0. The van der Waals surface area contributed by atoms with Gasteiger partial charge in [0.1, 0.15) is 42.6 Å². The van der Waals surface area contributed by atoms with Crippen molar-refractivity contribution >= 4 is 22.9 Å². The molecule has 1 aromatic carbocycles. The van der Waals surface area contributed by atoms with E-state index < -0.39 is 74.2 Å². The quantitative estimate of drug-likeness (QED) is 0.0478. The molecule has 0 unspecified atom stereocenters. The Labute approximate surface area is 279 Å². The molecule has 282 valence electrons. The third kappa shape index (κ3) is 13.3. The molecule has 1 amide bonds. The van der Waals surface area contributed by atoms with Crippen molar-refractivity contribution in [2.45, 2.75) is 88.4 Å².